The van der Waals surface area contributed by atoms with Crippen LogP contribution in [0, 0.1) is 0 Å². The van der Waals surface area contributed by atoms with E-state index in [1.807, 2.05) is 0 Å². The van der Waals surface area contributed by atoms with E-state index < -0.39 is 15.6 Å². The van der Waals surface area contributed by atoms with Crippen molar-refractivity contribution < 1.29 is 38.5 Å². The van der Waals surface area contributed by atoms with Gasteiger partial charge in [-0.15, -0.1) is 0 Å². The van der Waals surface area contributed by atoms with Crippen LogP contribution < -0.4 is 0 Å². The normalized spacial score (nSPS) is 8.43. The molecule has 0 unspecified atom stereocenters. The van der Waals surface area contributed by atoms with Gasteiger partial charge in [0.2, 0.25) is 0 Å². The summed E-state index contributed by atoms with van der Waals surface area (Å²) in [6.07, 6.45) is 0. The Hall–Kier alpha value is 6.77. The summed E-state index contributed by atoms with van der Waals surface area (Å²) >= 11 is 0. The molecule has 8 nitrogen and oxygen atoms in total. The van der Waals surface area contributed by atoms with Crippen molar-refractivity contribution in [3.05, 3.63) is 0 Å². The number of hydrogen-bond donors (Lipinski definition) is 6. The first-order valence-corrected chi connectivity index (χ1v) is 4.70. The van der Waals surface area contributed by atoms with E-state index in [-0.39, 0.29) is 206 Å². The van der Waals surface area contributed by atoms with Gasteiger partial charge >= 0.3 is 15.6 Å². The van der Waals surface area contributed by atoms with Crippen LogP contribution in [0.25, 0.3) is 0 Å². The summed E-state index contributed by atoms with van der Waals surface area (Å²) < 4.78 is 17.8. The average molecular weight is 352 g/mol. The van der Waals surface area contributed by atoms with Crippen molar-refractivity contribution in [1.29, 1.82) is 0 Å². The van der Waals surface area contributed by atoms with Crippen molar-refractivity contribution in [3.8, 4) is 0 Å². The van der Waals surface area contributed by atoms with Crippen LogP contribution in [0.2, 0.25) is 0 Å². The standard InChI is InChI=1S/4K.2H3O4P/c;;;;2*1-5(2,3)4/h;;;;2*(H3,1,2,3,4). The van der Waals surface area contributed by atoms with E-state index >= 15 is 0 Å². The Morgan fingerprint density at radius 2 is 0.500 bits per heavy atom. The SMILES string of the molecule is O=P(O)(O)O.O=P(O)(O)O.[K].[K].[K].[K]. The molecule has 0 aliphatic heterocycles. The van der Waals surface area contributed by atoms with Crippen LogP contribution in [-0.4, -0.2) is 235 Å². The van der Waals surface area contributed by atoms with E-state index in [2.05, 4.69) is 0 Å². The van der Waals surface area contributed by atoms with Crippen LogP contribution in [0.3, 0.4) is 0 Å². The van der Waals surface area contributed by atoms with E-state index in [0.717, 1.165) is 0 Å². The number of phosphoric acid groups is 2. The fourth-order valence-corrected chi connectivity index (χ4v) is 0. The number of rotatable bonds is 0. The van der Waals surface area contributed by atoms with Crippen LogP contribution in [0.4, 0.5) is 0 Å². The molecule has 0 aromatic rings. The van der Waals surface area contributed by atoms with E-state index in [9.17, 15) is 0 Å². The van der Waals surface area contributed by atoms with Gasteiger partial charge in [0.25, 0.3) is 0 Å². The van der Waals surface area contributed by atoms with Gasteiger partial charge in [0.05, 0.1) is 0 Å². The molecule has 0 saturated heterocycles. The molecular formula is H6K4O8P2. The molecule has 0 aromatic carbocycles. The van der Waals surface area contributed by atoms with Crippen LogP contribution in [0.5, 0.6) is 0 Å². The Morgan fingerprint density at radius 1 is 0.500 bits per heavy atom. The smallest absolute Gasteiger partial charge is 0.303 e. The summed E-state index contributed by atoms with van der Waals surface area (Å²) in [6, 6.07) is 0. The quantitative estimate of drug-likeness (QED) is 0.195. The Bertz CT molecular complexity index is 132. The maximum Gasteiger partial charge on any atom is 0.466 e. The minimum atomic E-state index is -4.64. The van der Waals surface area contributed by atoms with Gasteiger partial charge in [-0.05, 0) is 0 Å². The van der Waals surface area contributed by atoms with Crippen LogP contribution in [0.1, 0.15) is 0 Å². The third-order valence-electron chi connectivity index (χ3n) is 0. The molecule has 0 rings (SSSR count). The molecule has 0 heterocycles. The van der Waals surface area contributed by atoms with Gasteiger partial charge in [-0.3, -0.25) is 0 Å². The molecule has 0 spiro atoms. The summed E-state index contributed by atoms with van der Waals surface area (Å²) in [4.78, 5) is 43.1. The predicted octanol–water partition coefficient (Wildman–Crippen LogP) is -3.38. The molecule has 0 atom stereocenters. The Labute approximate surface area is 251 Å². The van der Waals surface area contributed by atoms with Gasteiger partial charge in [-0.1, -0.05) is 0 Å². The fourth-order valence-electron chi connectivity index (χ4n) is 0. The van der Waals surface area contributed by atoms with Gasteiger partial charge in [0, 0.05) is 206 Å². The van der Waals surface area contributed by atoms with E-state index in [1.54, 1.807) is 0 Å². The van der Waals surface area contributed by atoms with E-state index in [4.69, 9.17) is 38.5 Å². The Balaban J connectivity index is -0.0000000178. The van der Waals surface area contributed by atoms with Gasteiger partial charge in [0.1, 0.15) is 0 Å². The van der Waals surface area contributed by atoms with Crippen molar-refractivity contribution in [2.24, 2.45) is 0 Å². The summed E-state index contributed by atoms with van der Waals surface area (Å²) in [5, 5.41) is 0. The molecule has 68 valence electrons. The molecule has 14 heteroatoms. The van der Waals surface area contributed by atoms with Crippen molar-refractivity contribution in [2.45, 2.75) is 0 Å². The average Bonchev–Trinajstić information content (AvgIpc) is 1.12. The first-order valence-electron chi connectivity index (χ1n) is 1.57. The first-order chi connectivity index (χ1) is 4.00. The van der Waals surface area contributed by atoms with Crippen LogP contribution in [-0.2, 0) is 9.13 Å². The summed E-state index contributed by atoms with van der Waals surface area (Å²) in [6.45, 7) is 0. The van der Waals surface area contributed by atoms with Gasteiger partial charge in [0.15, 0.2) is 0 Å². The molecule has 0 saturated carbocycles. The summed E-state index contributed by atoms with van der Waals surface area (Å²) in [5.41, 5.74) is 0. The predicted molar refractivity (Wildman–Crippen MR) is 51.5 cm³/mol. The zero-order valence-corrected chi connectivity index (χ0v) is 22.7. The maximum absolute atomic E-state index is 8.88. The molecule has 0 aromatic heterocycles. The topological polar surface area (TPSA) is 156 Å². The molecule has 4 radical (unpaired) electrons. The van der Waals surface area contributed by atoms with Gasteiger partial charge in [-0.2, -0.15) is 0 Å². The van der Waals surface area contributed by atoms with Crippen LogP contribution in [0.15, 0.2) is 0 Å². The number of hydrogen-bond acceptors (Lipinski definition) is 2. The van der Waals surface area contributed by atoms with E-state index in [1.165, 1.54) is 0 Å². The van der Waals surface area contributed by atoms with E-state index in [0.29, 0.717) is 0 Å². The minimum Gasteiger partial charge on any atom is -0.303 e. The zero-order valence-electron chi connectivity index (χ0n) is 8.39. The maximum atomic E-state index is 8.88. The van der Waals surface area contributed by atoms with Crippen molar-refractivity contribution in [3.63, 3.8) is 0 Å². The molecule has 0 fully saturated rings. The second-order valence-electron chi connectivity index (χ2n) is 1.03. The van der Waals surface area contributed by atoms with Crippen molar-refractivity contribution in [1.82, 2.24) is 0 Å². The second kappa shape index (κ2) is 19.8. The monoisotopic (exact) mass is 352 g/mol. The zero-order chi connectivity index (χ0) is 9.00. The minimum absolute atomic E-state index is 0. The molecule has 6 N–H and O–H groups in total. The summed E-state index contributed by atoms with van der Waals surface area (Å²) in [7, 11) is -9.28. The summed E-state index contributed by atoms with van der Waals surface area (Å²) in [5.74, 6) is 0. The van der Waals surface area contributed by atoms with Gasteiger partial charge < -0.3 is 29.4 Å². The second-order valence-corrected chi connectivity index (χ2v) is 3.08. The molecule has 0 aliphatic rings. The largest absolute Gasteiger partial charge is 0.466 e. The molecular weight excluding hydrogens is 346 g/mol. The Morgan fingerprint density at radius 3 is 0.500 bits per heavy atom. The fraction of sp³-hybridized carbons (Fsp3) is 0. The van der Waals surface area contributed by atoms with Crippen LogP contribution >= 0.6 is 15.6 Å². The third-order valence-corrected chi connectivity index (χ3v) is 0. The molecule has 0 aliphatic carbocycles. The Kier molecular flexibility index (Phi) is 52.5. The van der Waals surface area contributed by atoms with Gasteiger partial charge in [-0.25, -0.2) is 9.13 Å². The molecule has 0 bridgehead atoms. The van der Waals surface area contributed by atoms with Crippen molar-refractivity contribution in [2.75, 3.05) is 0 Å². The molecule has 0 amide bonds. The van der Waals surface area contributed by atoms with Crippen molar-refractivity contribution >= 4 is 221 Å². The third kappa shape index (κ3) is 129. The molecule has 14 heavy (non-hydrogen) atoms. The first kappa shape index (κ1) is 37.2.